The number of nitriles is 1. The summed E-state index contributed by atoms with van der Waals surface area (Å²) in [5.41, 5.74) is 2.52. The highest BCUT2D eigenvalue weighted by Gasteiger charge is 2.35. The first kappa shape index (κ1) is 17.9. The second kappa shape index (κ2) is 7.29. The first-order valence-corrected chi connectivity index (χ1v) is 9.65. The summed E-state index contributed by atoms with van der Waals surface area (Å²) in [4.78, 5) is 18.3. The van der Waals surface area contributed by atoms with Gasteiger partial charge in [-0.15, -0.1) is 16.4 Å². The summed E-state index contributed by atoms with van der Waals surface area (Å²) < 4.78 is 7.00. The Morgan fingerprint density at radius 3 is 2.79 bits per heavy atom. The summed E-state index contributed by atoms with van der Waals surface area (Å²) >= 11 is 1.55. The molecule has 140 valence electrons. The van der Waals surface area contributed by atoms with Gasteiger partial charge >= 0.3 is 5.97 Å². The molecule has 0 spiro atoms. The van der Waals surface area contributed by atoms with E-state index in [0.29, 0.717) is 28.6 Å². The summed E-state index contributed by atoms with van der Waals surface area (Å²) in [6.45, 7) is 3.88. The van der Waals surface area contributed by atoms with Crippen molar-refractivity contribution < 1.29 is 9.53 Å². The van der Waals surface area contributed by atoms with E-state index in [-0.39, 0.29) is 6.61 Å². The van der Waals surface area contributed by atoms with Crippen LogP contribution in [0.2, 0.25) is 0 Å². The van der Waals surface area contributed by atoms with Gasteiger partial charge in [0.15, 0.2) is 5.82 Å². The van der Waals surface area contributed by atoms with Crippen molar-refractivity contribution >= 4 is 23.3 Å². The molecule has 0 saturated carbocycles. The minimum atomic E-state index is -0.496. The van der Waals surface area contributed by atoms with Crippen molar-refractivity contribution in [3.63, 3.8) is 0 Å². The monoisotopic (exact) mass is 391 g/mol. The predicted molar refractivity (Wildman–Crippen MR) is 106 cm³/mol. The van der Waals surface area contributed by atoms with Crippen LogP contribution in [0.1, 0.15) is 31.0 Å². The molecule has 0 radical (unpaired) electrons. The number of aromatic nitrogens is 3. The molecule has 1 aromatic carbocycles. The third kappa shape index (κ3) is 3.06. The number of allylic oxidation sites excluding steroid dienone is 1. The zero-order chi connectivity index (χ0) is 19.7. The van der Waals surface area contributed by atoms with Crippen molar-refractivity contribution in [3.8, 4) is 16.8 Å². The molecular weight excluding hydrogens is 374 g/mol. The molecule has 0 aliphatic carbocycles. The molecule has 3 heterocycles. The summed E-state index contributed by atoms with van der Waals surface area (Å²) in [6, 6.07) is 12.6. The van der Waals surface area contributed by atoms with Gasteiger partial charge in [-0.25, -0.2) is 9.48 Å². The predicted octanol–water partition coefficient (Wildman–Crippen LogP) is 3.73. The van der Waals surface area contributed by atoms with Gasteiger partial charge in [-0.1, -0.05) is 18.2 Å². The van der Waals surface area contributed by atoms with Crippen LogP contribution < -0.4 is 5.32 Å². The Morgan fingerprint density at radius 1 is 1.36 bits per heavy atom. The van der Waals surface area contributed by atoms with Gasteiger partial charge < -0.3 is 10.1 Å². The fourth-order valence-corrected chi connectivity index (χ4v) is 3.84. The molecule has 0 saturated heterocycles. The van der Waals surface area contributed by atoms with Crippen LogP contribution in [0.5, 0.6) is 0 Å². The molecule has 3 aromatic rings. The van der Waals surface area contributed by atoms with Crippen molar-refractivity contribution in [1.82, 2.24) is 14.8 Å². The highest BCUT2D eigenvalue weighted by atomic mass is 32.1. The van der Waals surface area contributed by atoms with Crippen molar-refractivity contribution in [3.05, 3.63) is 64.2 Å². The van der Waals surface area contributed by atoms with Gasteiger partial charge in [-0.05, 0) is 43.0 Å². The van der Waals surface area contributed by atoms with E-state index in [1.54, 1.807) is 35.1 Å². The number of esters is 1. The number of carbonyl (C=O) groups is 1. The molecule has 2 aromatic heterocycles. The van der Waals surface area contributed by atoms with Crippen LogP contribution in [0.25, 0.3) is 10.7 Å². The van der Waals surface area contributed by atoms with Gasteiger partial charge in [0.05, 0.1) is 28.7 Å². The lowest BCUT2D eigenvalue weighted by molar-refractivity contribution is -0.139. The molecule has 1 aliphatic heterocycles. The van der Waals surface area contributed by atoms with Crippen molar-refractivity contribution in [2.75, 3.05) is 11.9 Å². The molecular formula is C20H17N5O2S. The minimum Gasteiger partial charge on any atom is -0.463 e. The van der Waals surface area contributed by atoms with E-state index < -0.39 is 12.0 Å². The van der Waals surface area contributed by atoms with Crippen LogP contribution in [0, 0.1) is 11.3 Å². The highest BCUT2D eigenvalue weighted by Crippen LogP contribution is 2.37. The van der Waals surface area contributed by atoms with Crippen LogP contribution >= 0.6 is 11.3 Å². The van der Waals surface area contributed by atoms with E-state index >= 15 is 0 Å². The average molecular weight is 391 g/mol. The van der Waals surface area contributed by atoms with Crippen LogP contribution in [0.15, 0.2) is 53.0 Å². The third-order valence-electron chi connectivity index (χ3n) is 4.45. The van der Waals surface area contributed by atoms with Gasteiger partial charge in [0.25, 0.3) is 0 Å². The van der Waals surface area contributed by atoms with Gasteiger partial charge in [0.2, 0.25) is 5.95 Å². The molecule has 0 amide bonds. The second-order valence-electron chi connectivity index (χ2n) is 6.20. The molecule has 4 rings (SSSR count). The lowest BCUT2D eigenvalue weighted by Crippen LogP contribution is -2.29. The second-order valence-corrected chi connectivity index (χ2v) is 7.15. The summed E-state index contributed by atoms with van der Waals surface area (Å²) in [5.74, 6) is 0.748. The molecule has 7 nitrogen and oxygen atoms in total. The Hall–Kier alpha value is -3.44. The number of carbonyl (C=O) groups excluding carboxylic acids is 1. The molecule has 1 atom stereocenters. The summed E-state index contributed by atoms with van der Waals surface area (Å²) in [6.07, 6.45) is 0. The SMILES string of the molecule is CCOC(=O)C1=C(C)Nc2nc(-c3cccs3)nn2C1c1ccc(C#N)cc1. The molecule has 28 heavy (non-hydrogen) atoms. The number of ether oxygens (including phenoxy) is 1. The Morgan fingerprint density at radius 2 is 2.14 bits per heavy atom. The highest BCUT2D eigenvalue weighted by molar-refractivity contribution is 7.13. The van der Waals surface area contributed by atoms with Crippen molar-refractivity contribution in [2.24, 2.45) is 0 Å². The number of nitrogens with zero attached hydrogens (tertiary/aromatic N) is 4. The van der Waals surface area contributed by atoms with Crippen LogP contribution in [-0.4, -0.2) is 27.3 Å². The maximum Gasteiger partial charge on any atom is 0.338 e. The quantitative estimate of drug-likeness (QED) is 0.681. The van der Waals surface area contributed by atoms with Crippen LogP contribution in [0.3, 0.4) is 0 Å². The summed E-state index contributed by atoms with van der Waals surface area (Å²) in [5, 5.41) is 18.9. The molecule has 0 fully saturated rings. The maximum atomic E-state index is 12.7. The Kier molecular flexibility index (Phi) is 4.67. The zero-order valence-corrected chi connectivity index (χ0v) is 16.2. The number of anilines is 1. The van der Waals surface area contributed by atoms with Gasteiger partial charge in [0.1, 0.15) is 6.04 Å². The third-order valence-corrected chi connectivity index (χ3v) is 5.31. The first-order valence-electron chi connectivity index (χ1n) is 8.77. The zero-order valence-electron chi connectivity index (χ0n) is 15.3. The largest absolute Gasteiger partial charge is 0.463 e. The van der Waals surface area contributed by atoms with Crippen LogP contribution in [-0.2, 0) is 9.53 Å². The number of hydrogen-bond donors (Lipinski definition) is 1. The normalized spacial score (nSPS) is 15.5. The van der Waals surface area contributed by atoms with E-state index in [1.807, 2.05) is 36.6 Å². The van der Waals surface area contributed by atoms with E-state index in [0.717, 1.165) is 10.4 Å². The summed E-state index contributed by atoms with van der Waals surface area (Å²) in [7, 11) is 0. The number of nitrogens with one attached hydrogen (secondary N) is 1. The Bertz CT molecular complexity index is 1090. The molecule has 1 unspecified atom stereocenters. The van der Waals surface area contributed by atoms with E-state index in [1.165, 1.54) is 0 Å². The average Bonchev–Trinajstić information content (AvgIpc) is 3.36. The molecule has 0 bridgehead atoms. The van der Waals surface area contributed by atoms with Crippen molar-refractivity contribution in [1.29, 1.82) is 5.26 Å². The molecule has 1 N–H and O–H groups in total. The van der Waals surface area contributed by atoms with Gasteiger partial charge in [0, 0.05) is 5.70 Å². The number of hydrogen-bond acceptors (Lipinski definition) is 7. The molecule has 8 heteroatoms. The molecule has 1 aliphatic rings. The Balaban J connectivity index is 1.86. The minimum absolute atomic E-state index is 0.278. The standard InChI is InChI=1S/C20H17N5O2S/c1-3-27-19(26)16-12(2)22-20-23-18(15-5-4-10-28-15)24-25(20)17(16)14-8-6-13(11-21)7-9-14/h4-10,17H,3H2,1-2H3,(H,22,23,24). The fourth-order valence-electron chi connectivity index (χ4n) is 3.18. The number of benzene rings is 1. The van der Waals surface area contributed by atoms with Crippen molar-refractivity contribution in [2.45, 2.75) is 19.9 Å². The fraction of sp³-hybridized carbons (Fsp3) is 0.200. The lowest BCUT2D eigenvalue weighted by Gasteiger charge is -2.28. The van der Waals surface area contributed by atoms with Gasteiger partial charge in [-0.3, -0.25) is 0 Å². The smallest absolute Gasteiger partial charge is 0.338 e. The van der Waals surface area contributed by atoms with Crippen LogP contribution in [0.4, 0.5) is 5.95 Å². The van der Waals surface area contributed by atoms with E-state index in [4.69, 9.17) is 10.00 Å². The van der Waals surface area contributed by atoms with Gasteiger partial charge in [-0.2, -0.15) is 10.2 Å². The topological polar surface area (TPSA) is 92.8 Å². The number of fused-ring (bicyclic) bond motifs is 1. The first-order chi connectivity index (χ1) is 13.6. The lowest BCUT2D eigenvalue weighted by atomic mass is 9.95. The maximum absolute atomic E-state index is 12.7. The van der Waals surface area contributed by atoms with E-state index in [2.05, 4.69) is 21.5 Å². The Labute approximate surface area is 165 Å². The van der Waals surface area contributed by atoms with E-state index in [9.17, 15) is 4.79 Å². The number of rotatable bonds is 4. The number of thiophene rings is 1.